The molecule has 0 aromatic heterocycles. The maximum atomic E-state index is 11.6. The van der Waals surface area contributed by atoms with Gasteiger partial charge in [0.25, 0.3) is 0 Å². The van der Waals surface area contributed by atoms with Crippen LogP contribution in [0.5, 0.6) is 0 Å². The molecule has 132 valence electrons. The van der Waals surface area contributed by atoms with Crippen molar-refractivity contribution < 1.29 is 4.79 Å². The monoisotopic (exact) mass is 338 g/mol. The van der Waals surface area contributed by atoms with E-state index in [2.05, 4.69) is 34.7 Å². The summed E-state index contributed by atoms with van der Waals surface area (Å²) in [4.78, 5) is 15.9. The minimum absolute atomic E-state index is 0.0378. The van der Waals surface area contributed by atoms with Gasteiger partial charge in [-0.05, 0) is 48.2 Å². The normalized spacial score (nSPS) is 11.2. The van der Waals surface area contributed by atoms with Crippen molar-refractivity contribution >= 4 is 23.2 Å². The van der Waals surface area contributed by atoms with Crippen LogP contribution in [0.4, 0.5) is 11.4 Å². The van der Waals surface area contributed by atoms with E-state index in [-0.39, 0.29) is 5.91 Å². The minimum atomic E-state index is 0.0378. The predicted octanol–water partition coefficient (Wildman–Crippen LogP) is 3.91. The molecule has 4 N–H and O–H groups in total. The van der Waals surface area contributed by atoms with E-state index in [0.29, 0.717) is 18.9 Å². The molecule has 5 nitrogen and oxygen atoms in total. The van der Waals surface area contributed by atoms with Gasteiger partial charge in [-0.15, -0.1) is 0 Å². The Bertz CT molecular complexity index is 705. The summed E-state index contributed by atoms with van der Waals surface area (Å²) in [5.41, 5.74) is 9.97. The van der Waals surface area contributed by atoms with E-state index in [1.54, 1.807) is 0 Å². The number of amides is 1. The predicted molar refractivity (Wildman–Crippen MR) is 105 cm³/mol. The molecule has 0 spiro atoms. The molecular formula is C20H26N4O. The number of carbonyl (C=O) groups is 1. The average molecular weight is 338 g/mol. The van der Waals surface area contributed by atoms with Gasteiger partial charge in [0.1, 0.15) is 0 Å². The third kappa shape index (κ3) is 6.30. The summed E-state index contributed by atoms with van der Waals surface area (Å²) in [5, 5.41) is 5.95. The van der Waals surface area contributed by atoms with E-state index < -0.39 is 0 Å². The highest BCUT2D eigenvalue weighted by Gasteiger charge is 2.01. The molecule has 0 unspecified atom stereocenters. The number of rotatable bonds is 7. The number of nitrogens with zero attached hydrogens (tertiary/aromatic N) is 1. The van der Waals surface area contributed by atoms with Gasteiger partial charge >= 0.3 is 0 Å². The number of nitrogens with two attached hydrogens (primary N) is 1. The number of carbonyl (C=O) groups excluding carboxylic acids is 1. The van der Waals surface area contributed by atoms with Crippen LogP contribution in [0.25, 0.3) is 0 Å². The zero-order valence-corrected chi connectivity index (χ0v) is 14.9. The summed E-state index contributed by atoms with van der Waals surface area (Å²) in [5.74, 6) is 0.417. The van der Waals surface area contributed by atoms with Crippen LogP contribution in [0, 0.1) is 0 Å². The number of guanidine groups is 1. The number of nitrogens with one attached hydrogen (secondary N) is 2. The fraction of sp³-hybridized carbons (Fsp3) is 0.300. The van der Waals surface area contributed by atoms with Crippen LogP contribution in [0.1, 0.15) is 37.8 Å². The number of benzene rings is 2. The third-order valence-corrected chi connectivity index (χ3v) is 3.78. The number of aliphatic imine (C=N–C) groups is 1. The molecule has 0 fully saturated rings. The summed E-state index contributed by atoms with van der Waals surface area (Å²) in [6, 6.07) is 15.8. The summed E-state index contributed by atoms with van der Waals surface area (Å²) < 4.78 is 0. The van der Waals surface area contributed by atoms with Gasteiger partial charge in [0.2, 0.25) is 5.91 Å². The second-order valence-electron chi connectivity index (χ2n) is 5.87. The topological polar surface area (TPSA) is 79.5 Å². The van der Waals surface area contributed by atoms with Crippen LogP contribution in [0.3, 0.4) is 0 Å². The van der Waals surface area contributed by atoms with E-state index in [9.17, 15) is 4.79 Å². The fourth-order valence-corrected chi connectivity index (χ4v) is 2.33. The standard InChI is InChI=1S/C20H26N4O/c1-3-5-19(25)23-17-12-8-16(9-13-17)14-22-20(21)24-18-10-6-15(4-2)7-11-18/h6-13H,3-5,14H2,1-2H3,(H,23,25)(H3,21,22,24). The van der Waals surface area contributed by atoms with Crippen molar-refractivity contribution in [2.75, 3.05) is 10.6 Å². The number of aryl methyl sites for hydroxylation is 1. The first-order valence-corrected chi connectivity index (χ1v) is 8.65. The van der Waals surface area contributed by atoms with Crippen LogP contribution >= 0.6 is 0 Å². The van der Waals surface area contributed by atoms with Crippen LogP contribution < -0.4 is 16.4 Å². The van der Waals surface area contributed by atoms with Crippen LogP contribution in [0.15, 0.2) is 53.5 Å². The van der Waals surface area contributed by atoms with Gasteiger partial charge in [-0.1, -0.05) is 38.1 Å². The summed E-state index contributed by atoms with van der Waals surface area (Å²) in [6.45, 7) is 4.59. The molecule has 2 aromatic rings. The molecule has 2 aromatic carbocycles. The Morgan fingerprint density at radius 3 is 2.04 bits per heavy atom. The van der Waals surface area contributed by atoms with E-state index in [1.165, 1.54) is 5.56 Å². The molecule has 0 saturated heterocycles. The molecule has 0 saturated carbocycles. The van der Waals surface area contributed by atoms with E-state index >= 15 is 0 Å². The van der Waals surface area contributed by atoms with Crippen molar-refractivity contribution in [3.8, 4) is 0 Å². The van der Waals surface area contributed by atoms with Gasteiger partial charge in [0.05, 0.1) is 6.54 Å². The van der Waals surface area contributed by atoms with Crippen molar-refractivity contribution in [2.24, 2.45) is 10.7 Å². The highest BCUT2D eigenvalue weighted by molar-refractivity contribution is 5.92. The Morgan fingerprint density at radius 2 is 1.48 bits per heavy atom. The smallest absolute Gasteiger partial charge is 0.224 e. The molecule has 0 aliphatic heterocycles. The SMILES string of the molecule is CCCC(=O)Nc1ccc(CN=C(N)Nc2ccc(CC)cc2)cc1. The average Bonchev–Trinajstić information content (AvgIpc) is 2.62. The first-order chi connectivity index (χ1) is 12.1. The molecule has 0 aliphatic carbocycles. The molecule has 2 rings (SSSR count). The fourth-order valence-electron chi connectivity index (χ4n) is 2.33. The second-order valence-corrected chi connectivity index (χ2v) is 5.87. The lowest BCUT2D eigenvalue weighted by molar-refractivity contribution is -0.116. The first-order valence-electron chi connectivity index (χ1n) is 8.65. The van der Waals surface area contributed by atoms with Crippen LogP contribution in [0.2, 0.25) is 0 Å². The molecule has 5 heteroatoms. The largest absolute Gasteiger partial charge is 0.370 e. The van der Waals surface area contributed by atoms with Crippen LogP contribution in [-0.2, 0) is 17.8 Å². The summed E-state index contributed by atoms with van der Waals surface area (Å²) in [6.07, 6.45) is 2.39. The Kier molecular flexibility index (Phi) is 7.01. The molecule has 0 atom stereocenters. The lowest BCUT2D eigenvalue weighted by Gasteiger charge is -2.07. The lowest BCUT2D eigenvalue weighted by Crippen LogP contribution is -2.22. The maximum Gasteiger partial charge on any atom is 0.224 e. The van der Waals surface area contributed by atoms with E-state index in [4.69, 9.17) is 5.73 Å². The number of anilines is 2. The quantitative estimate of drug-likeness (QED) is 0.529. The van der Waals surface area contributed by atoms with Crippen LogP contribution in [-0.4, -0.2) is 11.9 Å². The van der Waals surface area contributed by atoms with Gasteiger partial charge in [-0.25, -0.2) is 4.99 Å². The van der Waals surface area contributed by atoms with Gasteiger partial charge in [0, 0.05) is 17.8 Å². The first kappa shape index (κ1) is 18.5. The second kappa shape index (κ2) is 9.47. The Balaban J connectivity index is 1.88. The van der Waals surface area contributed by atoms with Gasteiger partial charge < -0.3 is 16.4 Å². The Hall–Kier alpha value is -2.82. The zero-order valence-electron chi connectivity index (χ0n) is 14.9. The zero-order chi connectivity index (χ0) is 18.1. The molecule has 0 radical (unpaired) electrons. The van der Waals surface area contributed by atoms with E-state index in [1.807, 2.05) is 43.3 Å². The van der Waals surface area contributed by atoms with E-state index in [0.717, 1.165) is 29.8 Å². The number of hydrogen-bond acceptors (Lipinski definition) is 2. The van der Waals surface area contributed by atoms with Crippen molar-refractivity contribution in [1.82, 2.24) is 0 Å². The van der Waals surface area contributed by atoms with Gasteiger partial charge in [-0.3, -0.25) is 4.79 Å². The van der Waals surface area contributed by atoms with Crippen molar-refractivity contribution in [3.05, 3.63) is 59.7 Å². The minimum Gasteiger partial charge on any atom is -0.370 e. The molecule has 0 heterocycles. The summed E-state index contributed by atoms with van der Waals surface area (Å²) >= 11 is 0. The molecule has 25 heavy (non-hydrogen) atoms. The Morgan fingerprint density at radius 1 is 0.920 bits per heavy atom. The van der Waals surface area contributed by atoms with Gasteiger partial charge in [0.15, 0.2) is 5.96 Å². The van der Waals surface area contributed by atoms with Gasteiger partial charge in [-0.2, -0.15) is 0 Å². The molecule has 0 aliphatic rings. The molecule has 1 amide bonds. The highest BCUT2D eigenvalue weighted by atomic mass is 16.1. The highest BCUT2D eigenvalue weighted by Crippen LogP contribution is 2.12. The van der Waals surface area contributed by atoms with Crippen molar-refractivity contribution in [3.63, 3.8) is 0 Å². The van der Waals surface area contributed by atoms with Crippen molar-refractivity contribution in [2.45, 2.75) is 39.7 Å². The Labute approximate surface area is 149 Å². The summed E-state index contributed by atoms with van der Waals surface area (Å²) in [7, 11) is 0. The molecular weight excluding hydrogens is 312 g/mol. The maximum absolute atomic E-state index is 11.6. The third-order valence-electron chi connectivity index (χ3n) is 3.78. The molecule has 0 bridgehead atoms. The lowest BCUT2D eigenvalue weighted by atomic mass is 10.1. The number of hydrogen-bond donors (Lipinski definition) is 3. The van der Waals surface area contributed by atoms with Crippen molar-refractivity contribution in [1.29, 1.82) is 0 Å².